The lowest BCUT2D eigenvalue weighted by Crippen LogP contribution is -2.51. The third-order valence-electron chi connectivity index (χ3n) is 2.33. The van der Waals surface area contributed by atoms with Crippen LogP contribution in [0.2, 0.25) is 0 Å². The fraction of sp³-hybridized carbons (Fsp3) is 0.875. The largest absolute Gasteiger partial charge is 0.394 e. The second-order valence-corrected chi connectivity index (χ2v) is 3.42. The minimum atomic E-state index is -1.04. The van der Waals surface area contributed by atoms with E-state index in [9.17, 15) is 5.11 Å². The quantitative estimate of drug-likeness (QED) is 0.545. The Morgan fingerprint density at radius 1 is 1.57 bits per heavy atom. The SMILES string of the molecule is CC1=N[C@H]2[C@H](O)O[C@H](CO)C[C@@H]2OO1. The summed E-state index contributed by atoms with van der Waals surface area (Å²) >= 11 is 0. The van der Waals surface area contributed by atoms with Crippen molar-refractivity contribution in [3.8, 4) is 0 Å². The zero-order valence-corrected chi connectivity index (χ0v) is 7.79. The molecule has 0 aromatic carbocycles. The molecule has 2 N–H and O–H groups in total. The maximum Gasteiger partial charge on any atom is 0.225 e. The van der Waals surface area contributed by atoms with Crippen molar-refractivity contribution >= 4 is 5.90 Å². The minimum Gasteiger partial charge on any atom is -0.394 e. The molecule has 0 aliphatic carbocycles. The standard InChI is InChI=1S/C8H13NO5/c1-4-9-7-6(14-13-4)2-5(3-10)12-8(7)11/h5-8,10-11H,2-3H2,1H3/t5-,6-,7+,8+/m0/s1. The summed E-state index contributed by atoms with van der Waals surface area (Å²) in [6, 6.07) is -0.452. The topological polar surface area (TPSA) is 80.5 Å². The summed E-state index contributed by atoms with van der Waals surface area (Å²) in [5, 5.41) is 18.4. The summed E-state index contributed by atoms with van der Waals surface area (Å²) in [5.41, 5.74) is 0. The van der Waals surface area contributed by atoms with Gasteiger partial charge in [0.2, 0.25) is 5.90 Å². The number of fused-ring (bicyclic) bond motifs is 1. The summed E-state index contributed by atoms with van der Waals surface area (Å²) in [5.74, 6) is 0.372. The van der Waals surface area contributed by atoms with Crippen molar-refractivity contribution in [2.75, 3.05) is 6.61 Å². The van der Waals surface area contributed by atoms with Crippen LogP contribution in [0.4, 0.5) is 0 Å². The van der Waals surface area contributed by atoms with Crippen LogP contribution in [0.3, 0.4) is 0 Å². The average molecular weight is 203 g/mol. The van der Waals surface area contributed by atoms with Crippen LogP contribution < -0.4 is 0 Å². The minimum absolute atomic E-state index is 0.146. The molecule has 1 saturated heterocycles. The van der Waals surface area contributed by atoms with E-state index in [0.29, 0.717) is 12.3 Å². The van der Waals surface area contributed by atoms with Crippen LogP contribution in [0.25, 0.3) is 0 Å². The fourth-order valence-corrected chi connectivity index (χ4v) is 1.64. The first-order chi connectivity index (χ1) is 6.70. The maximum atomic E-state index is 9.55. The smallest absolute Gasteiger partial charge is 0.225 e. The van der Waals surface area contributed by atoms with Crippen molar-refractivity contribution in [3.63, 3.8) is 0 Å². The lowest BCUT2D eigenvalue weighted by Gasteiger charge is -2.37. The number of ether oxygens (including phenoxy) is 1. The summed E-state index contributed by atoms with van der Waals surface area (Å²) < 4.78 is 5.12. The van der Waals surface area contributed by atoms with Gasteiger partial charge in [-0.1, -0.05) is 0 Å². The molecular formula is C8H13NO5. The lowest BCUT2D eigenvalue weighted by atomic mass is 10.0. The van der Waals surface area contributed by atoms with E-state index < -0.39 is 18.4 Å². The van der Waals surface area contributed by atoms with Gasteiger partial charge in [0.15, 0.2) is 6.29 Å². The van der Waals surface area contributed by atoms with E-state index in [4.69, 9.17) is 19.6 Å². The molecule has 2 rings (SSSR count). The molecule has 2 aliphatic heterocycles. The van der Waals surface area contributed by atoms with Crippen LogP contribution in [0.1, 0.15) is 13.3 Å². The van der Waals surface area contributed by atoms with Gasteiger partial charge in [-0.3, -0.25) is 0 Å². The van der Waals surface area contributed by atoms with Gasteiger partial charge in [0.25, 0.3) is 0 Å². The van der Waals surface area contributed by atoms with Crippen LogP contribution in [-0.4, -0.2) is 47.3 Å². The first-order valence-electron chi connectivity index (χ1n) is 4.53. The molecule has 1 fully saturated rings. The van der Waals surface area contributed by atoms with E-state index in [1.54, 1.807) is 6.92 Å². The summed E-state index contributed by atoms with van der Waals surface area (Å²) in [7, 11) is 0. The predicted octanol–water partition coefficient (Wildman–Crippen LogP) is -0.797. The molecule has 0 spiro atoms. The van der Waals surface area contributed by atoms with Crippen molar-refractivity contribution in [1.29, 1.82) is 0 Å². The highest BCUT2D eigenvalue weighted by Crippen LogP contribution is 2.26. The van der Waals surface area contributed by atoms with Gasteiger partial charge in [-0.25, -0.2) is 4.99 Å². The fourth-order valence-electron chi connectivity index (χ4n) is 1.64. The van der Waals surface area contributed by atoms with Gasteiger partial charge in [-0.15, -0.1) is 0 Å². The van der Waals surface area contributed by atoms with Gasteiger partial charge in [0.05, 0.1) is 12.7 Å². The molecule has 0 unspecified atom stereocenters. The molecule has 0 aromatic rings. The van der Waals surface area contributed by atoms with Gasteiger partial charge in [0.1, 0.15) is 12.1 Å². The Morgan fingerprint density at radius 2 is 2.36 bits per heavy atom. The van der Waals surface area contributed by atoms with Crippen molar-refractivity contribution in [2.45, 2.75) is 37.9 Å². The van der Waals surface area contributed by atoms with Gasteiger partial charge in [-0.05, 0) is 0 Å². The molecule has 14 heavy (non-hydrogen) atoms. The van der Waals surface area contributed by atoms with E-state index in [1.165, 1.54) is 0 Å². The van der Waals surface area contributed by atoms with Gasteiger partial charge < -0.3 is 19.8 Å². The van der Waals surface area contributed by atoms with Gasteiger partial charge in [0, 0.05) is 13.3 Å². The molecule has 6 heteroatoms. The highest BCUT2D eigenvalue weighted by atomic mass is 17.2. The van der Waals surface area contributed by atoms with Crippen LogP contribution in [0.15, 0.2) is 4.99 Å². The number of aliphatic hydroxyl groups excluding tert-OH is 2. The predicted molar refractivity (Wildman–Crippen MR) is 45.4 cm³/mol. The second-order valence-electron chi connectivity index (χ2n) is 3.42. The summed E-state index contributed by atoms with van der Waals surface area (Å²) in [6.45, 7) is 1.49. The Labute approximate surface area is 81.0 Å². The van der Waals surface area contributed by atoms with E-state index in [-0.39, 0.29) is 12.7 Å². The molecule has 80 valence electrons. The number of aliphatic hydroxyl groups is 2. The molecule has 0 radical (unpaired) electrons. The number of aliphatic imine (C=N–C) groups is 1. The highest BCUT2D eigenvalue weighted by molar-refractivity contribution is 5.73. The molecular weight excluding hydrogens is 190 g/mol. The third kappa shape index (κ3) is 1.74. The summed E-state index contributed by atoms with van der Waals surface area (Å²) in [4.78, 5) is 13.9. The molecule has 4 atom stereocenters. The Kier molecular flexibility index (Phi) is 2.69. The molecule has 0 amide bonds. The molecule has 0 saturated carbocycles. The van der Waals surface area contributed by atoms with E-state index in [0.717, 1.165) is 0 Å². The third-order valence-corrected chi connectivity index (χ3v) is 2.33. The first kappa shape index (κ1) is 9.85. The Bertz CT molecular complexity index is 244. The van der Waals surface area contributed by atoms with E-state index in [2.05, 4.69) is 4.99 Å². The van der Waals surface area contributed by atoms with Gasteiger partial charge >= 0.3 is 0 Å². The zero-order chi connectivity index (χ0) is 10.1. The van der Waals surface area contributed by atoms with Crippen LogP contribution in [0, 0.1) is 0 Å². The van der Waals surface area contributed by atoms with Crippen LogP contribution in [-0.2, 0) is 14.5 Å². The van der Waals surface area contributed by atoms with Crippen molar-refractivity contribution < 1.29 is 24.7 Å². The summed E-state index contributed by atoms with van der Waals surface area (Å²) in [6.07, 6.45) is -1.33. The van der Waals surface area contributed by atoms with Crippen molar-refractivity contribution in [1.82, 2.24) is 0 Å². The number of hydrogen-bond acceptors (Lipinski definition) is 6. The molecule has 2 aliphatic rings. The van der Waals surface area contributed by atoms with Crippen molar-refractivity contribution in [2.24, 2.45) is 4.99 Å². The normalized spacial score (nSPS) is 42.4. The number of rotatable bonds is 1. The average Bonchev–Trinajstić information content (AvgIpc) is 2.19. The number of nitrogens with zero attached hydrogens (tertiary/aromatic N) is 1. The van der Waals surface area contributed by atoms with E-state index >= 15 is 0 Å². The number of hydrogen-bond donors (Lipinski definition) is 2. The maximum absolute atomic E-state index is 9.55. The lowest BCUT2D eigenvalue weighted by molar-refractivity contribution is -0.320. The van der Waals surface area contributed by atoms with Gasteiger partial charge in [-0.2, -0.15) is 4.89 Å². The molecule has 2 heterocycles. The molecule has 0 aromatic heterocycles. The second kappa shape index (κ2) is 3.82. The zero-order valence-electron chi connectivity index (χ0n) is 7.79. The van der Waals surface area contributed by atoms with Crippen LogP contribution in [0.5, 0.6) is 0 Å². The Hall–Kier alpha value is -0.690. The monoisotopic (exact) mass is 203 g/mol. The van der Waals surface area contributed by atoms with Crippen molar-refractivity contribution in [3.05, 3.63) is 0 Å². The first-order valence-corrected chi connectivity index (χ1v) is 4.53. The van der Waals surface area contributed by atoms with Crippen LogP contribution >= 0.6 is 0 Å². The molecule has 0 bridgehead atoms. The van der Waals surface area contributed by atoms with E-state index in [1.807, 2.05) is 0 Å². The molecule has 6 nitrogen and oxygen atoms in total. The highest BCUT2D eigenvalue weighted by Gasteiger charge is 2.41. The Morgan fingerprint density at radius 3 is 3.07 bits per heavy atom. The Balaban J connectivity index is 2.09.